The zero-order chi connectivity index (χ0) is 14.4. The number of carbonyl (C=O) groups excluding carboxylic acids is 1. The number of hydrogen-bond donors (Lipinski definition) is 1. The molecule has 3 nitrogen and oxygen atoms in total. The minimum absolute atomic E-state index is 0.0900. The highest BCUT2D eigenvalue weighted by Crippen LogP contribution is 2.43. The number of carbonyl (C=O) groups is 1. The van der Waals surface area contributed by atoms with E-state index in [0.29, 0.717) is 12.5 Å². The maximum Gasteiger partial charge on any atom is 0.327 e. The van der Waals surface area contributed by atoms with Crippen LogP contribution >= 0.6 is 11.8 Å². The van der Waals surface area contributed by atoms with Gasteiger partial charge in [-0.15, -0.1) is 11.8 Å². The van der Waals surface area contributed by atoms with Crippen molar-refractivity contribution in [3.05, 3.63) is 30.3 Å². The third-order valence-corrected chi connectivity index (χ3v) is 4.82. The summed E-state index contributed by atoms with van der Waals surface area (Å²) in [5.74, 6) is 1.06. The molecular formula is C16H23NO2S. The molecule has 20 heavy (non-hydrogen) atoms. The summed E-state index contributed by atoms with van der Waals surface area (Å²) in [7, 11) is 0. The molecule has 0 spiro atoms. The van der Waals surface area contributed by atoms with Crippen LogP contribution in [0.4, 0.5) is 0 Å². The SMILES string of the molecule is CCNC(CSc1ccccc1)(C(=O)OCC)C1CC1. The zero-order valence-corrected chi connectivity index (χ0v) is 13.0. The van der Waals surface area contributed by atoms with Crippen LogP contribution in [0.2, 0.25) is 0 Å². The van der Waals surface area contributed by atoms with Crippen molar-refractivity contribution in [1.29, 1.82) is 0 Å². The number of nitrogens with one attached hydrogen (secondary N) is 1. The number of thioether (sulfide) groups is 1. The highest BCUT2D eigenvalue weighted by molar-refractivity contribution is 7.99. The van der Waals surface area contributed by atoms with Gasteiger partial charge < -0.3 is 10.1 Å². The summed E-state index contributed by atoms with van der Waals surface area (Å²) in [6.07, 6.45) is 2.22. The molecule has 0 aromatic heterocycles. The molecule has 1 aliphatic carbocycles. The quantitative estimate of drug-likeness (QED) is 0.590. The molecule has 1 aliphatic rings. The highest BCUT2D eigenvalue weighted by Gasteiger charge is 2.51. The van der Waals surface area contributed by atoms with Gasteiger partial charge in [0, 0.05) is 10.6 Å². The second kappa shape index (κ2) is 7.14. The molecule has 1 N–H and O–H groups in total. The number of esters is 1. The molecule has 0 aliphatic heterocycles. The van der Waals surface area contributed by atoms with Crippen molar-refractivity contribution in [2.24, 2.45) is 5.92 Å². The van der Waals surface area contributed by atoms with Crippen LogP contribution < -0.4 is 5.32 Å². The van der Waals surface area contributed by atoms with Gasteiger partial charge in [-0.1, -0.05) is 25.1 Å². The van der Waals surface area contributed by atoms with E-state index < -0.39 is 5.54 Å². The van der Waals surface area contributed by atoms with Gasteiger partial charge in [-0.25, -0.2) is 0 Å². The van der Waals surface area contributed by atoms with Crippen LogP contribution in [0.1, 0.15) is 26.7 Å². The van der Waals surface area contributed by atoms with Gasteiger partial charge in [0.05, 0.1) is 6.61 Å². The van der Waals surface area contributed by atoms with Gasteiger partial charge in [-0.3, -0.25) is 4.79 Å². The Bertz CT molecular complexity index is 433. The number of likely N-dealkylation sites (N-methyl/N-ethyl adjacent to an activating group) is 1. The molecule has 110 valence electrons. The molecule has 1 aromatic carbocycles. The van der Waals surface area contributed by atoms with Crippen LogP contribution in [0.25, 0.3) is 0 Å². The summed E-state index contributed by atoms with van der Waals surface area (Å²) in [5, 5.41) is 3.42. The summed E-state index contributed by atoms with van der Waals surface area (Å²) in [4.78, 5) is 13.7. The third kappa shape index (κ3) is 3.55. The molecule has 1 aromatic rings. The summed E-state index contributed by atoms with van der Waals surface area (Å²) in [6.45, 7) is 5.13. The molecule has 1 atom stereocenters. The summed E-state index contributed by atoms with van der Waals surface area (Å²) >= 11 is 1.73. The van der Waals surface area contributed by atoms with E-state index in [0.717, 1.165) is 25.1 Å². The Kier molecular flexibility index (Phi) is 5.49. The Balaban J connectivity index is 2.10. The molecule has 4 heteroatoms. The summed E-state index contributed by atoms with van der Waals surface area (Å²) in [5.41, 5.74) is -0.523. The van der Waals surface area contributed by atoms with E-state index in [1.165, 1.54) is 4.90 Å². The summed E-state index contributed by atoms with van der Waals surface area (Å²) in [6, 6.07) is 10.2. The van der Waals surface area contributed by atoms with Gasteiger partial charge in [0.1, 0.15) is 5.54 Å². The lowest BCUT2D eigenvalue weighted by Crippen LogP contribution is -2.57. The normalized spacial score (nSPS) is 17.5. The number of benzene rings is 1. The predicted molar refractivity (Wildman–Crippen MR) is 82.9 cm³/mol. The van der Waals surface area contributed by atoms with Crippen LogP contribution in [0.5, 0.6) is 0 Å². The molecule has 0 saturated heterocycles. The Morgan fingerprint density at radius 3 is 2.60 bits per heavy atom. The van der Waals surface area contributed by atoms with Gasteiger partial charge >= 0.3 is 5.97 Å². The fourth-order valence-corrected chi connectivity index (χ4v) is 3.68. The van der Waals surface area contributed by atoms with Crippen LogP contribution in [0.15, 0.2) is 35.2 Å². The smallest absolute Gasteiger partial charge is 0.327 e. The van der Waals surface area contributed by atoms with Gasteiger partial charge in [0.15, 0.2) is 0 Å². The van der Waals surface area contributed by atoms with E-state index in [9.17, 15) is 4.79 Å². The Hall–Kier alpha value is -1.00. The average Bonchev–Trinajstić information content (AvgIpc) is 3.30. The van der Waals surface area contributed by atoms with E-state index >= 15 is 0 Å². The first-order valence-electron chi connectivity index (χ1n) is 7.33. The van der Waals surface area contributed by atoms with E-state index in [1.807, 2.05) is 32.0 Å². The lowest BCUT2D eigenvalue weighted by molar-refractivity contribution is -0.151. The predicted octanol–water partition coefficient (Wildman–Crippen LogP) is 3.10. The molecule has 0 amide bonds. The number of ether oxygens (including phenoxy) is 1. The minimum atomic E-state index is -0.523. The van der Waals surface area contributed by atoms with Gasteiger partial charge in [-0.05, 0) is 44.4 Å². The van der Waals surface area contributed by atoms with Gasteiger partial charge in [0.2, 0.25) is 0 Å². The van der Waals surface area contributed by atoms with Crippen molar-refractivity contribution in [2.75, 3.05) is 18.9 Å². The molecule has 1 unspecified atom stereocenters. The first-order valence-corrected chi connectivity index (χ1v) is 8.31. The lowest BCUT2D eigenvalue weighted by atomic mass is 9.95. The first kappa shape index (κ1) is 15.4. The van der Waals surface area contributed by atoms with Crippen molar-refractivity contribution in [2.45, 2.75) is 37.1 Å². The molecule has 0 radical (unpaired) electrons. The third-order valence-electron chi connectivity index (χ3n) is 3.62. The Morgan fingerprint density at radius 2 is 2.05 bits per heavy atom. The fraction of sp³-hybridized carbons (Fsp3) is 0.562. The highest BCUT2D eigenvalue weighted by atomic mass is 32.2. The van der Waals surface area contributed by atoms with E-state index in [1.54, 1.807) is 11.8 Å². The van der Waals surface area contributed by atoms with E-state index in [-0.39, 0.29) is 5.97 Å². The molecule has 1 fully saturated rings. The maximum atomic E-state index is 12.5. The number of hydrogen-bond acceptors (Lipinski definition) is 4. The van der Waals surface area contributed by atoms with Gasteiger partial charge in [-0.2, -0.15) is 0 Å². The maximum absolute atomic E-state index is 12.5. The lowest BCUT2D eigenvalue weighted by Gasteiger charge is -2.32. The van der Waals surface area contributed by atoms with Crippen molar-refractivity contribution < 1.29 is 9.53 Å². The van der Waals surface area contributed by atoms with Crippen LogP contribution in [-0.2, 0) is 9.53 Å². The van der Waals surface area contributed by atoms with Crippen LogP contribution in [0.3, 0.4) is 0 Å². The minimum Gasteiger partial charge on any atom is -0.465 e. The second-order valence-electron chi connectivity index (χ2n) is 5.10. The van der Waals surface area contributed by atoms with E-state index in [4.69, 9.17) is 4.74 Å². The van der Waals surface area contributed by atoms with Gasteiger partial charge in [0.25, 0.3) is 0 Å². The van der Waals surface area contributed by atoms with Crippen molar-refractivity contribution in [1.82, 2.24) is 5.32 Å². The van der Waals surface area contributed by atoms with Crippen LogP contribution in [-0.4, -0.2) is 30.4 Å². The Morgan fingerprint density at radius 1 is 1.35 bits per heavy atom. The van der Waals surface area contributed by atoms with Crippen molar-refractivity contribution in [3.8, 4) is 0 Å². The first-order chi connectivity index (χ1) is 9.73. The fourth-order valence-electron chi connectivity index (χ4n) is 2.48. The molecular weight excluding hydrogens is 270 g/mol. The number of rotatable bonds is 8. The summed E-state index contributed by atoms with van der Waals surface area (Å²) < 4.78 is 5.33. The molecule has 0 bridgehead atoms. The zero-order valence-electron chi connectivity index (χ0n) is 12.2. The van der Waals surface area contributed by atoms with Crippen molar-refractivity contribution >= 4 is 17.7 Å². The molecule has 2 rings (SSSR count). The standard InChI is InChI=1S/C16H23NO2S/c1-3-17-16(13-10-11-13,15(18)19-4-2)12-20-14-8-6-5-7-9-14/h5-9,13,17H,3-4,10-12H2,1-2H3. The molecule has 0 heterocycles. The van der Waals surface area contributed by atoms with Crippen molar-refractivity contribution in [3.63, 3.8) is 0 Å². The average molecular weight is 293 g/mol. The molecule has 1 saturated carbocycles. The second-order valence-corrected chi connectivity index (χ2v) is 6.15. The monoisotopic (exact) mass is 293 g/mol. The topological polar surface area (TPSA) is 38.3 Å². The Labute approximate surface area is 125 Å². The largest absolute Gasteiger partial charge is 0.465 e. The van der Waals surface area contributed by atoms with E-state index in [2.05, 4.69) is 17.4 Å². The van der Waals surface area contributed by atoms with Crippen LogP contribution in [0, 0.1) is 5.92 Å².